The lowest BCUT2D eigenvalue weighted by molar-refractivity contribution is 0.000755. The van der Waals surface area contributed by atoms with Gasteiger partial charge in [0.2, 0.25) is 0 Å². The first-order chi connectivity index (χ1) is 10.6. The summed E-state index contributed by atoms with van der Waals surface area (Å²) in [5, 5.41) is 3.03. The van der Waals surface area contributed by atoms with E-state index >= 15 is 0 Å². The van der Waals surface area contributed by atoms with Gasteiger partial charge in [0.05, 0.1) is 13.2 Å². The molecule has 0 aliphatic carbocycles. The standard InChI is InChI=1S/C17H27N3O2/c1-4-20(16-8-6-5-7-14(16)2)17(21)18-9-10-19-11-12-22-13-15(19)3/h5-8,15H,4,9-13H2,1-3H3,(H,18,21)/t15-/m1/s1. The highest BCUT2D eigenvalue weighted by atomic mass is 16.5. The zero-order valence-electron chi connectivity index (χ0n) is 13.8. The van der Waals surface area contributed by atoms with Crippen LogP contribution in [-0.2, 0) is 4.74 Å². The van der Waals surface area contributed by atoms with Crippen LogP contribution in [0.2, 0.25) is 0 Å². The van der Waals surface area contributed by atoms with Gasteiger partial charge in [-0.05, 0) is 32.4 Å². The molecule has 122 valence electrons. The van der Waals surface area contributed by atoms with E-state index in [1.807, 2.05) is 38.1 Å². The predicted molar refractivity (Wildman–Crippen MR) is 89.5 cm³/mol. The molecule has 2 rings (SSSR count). The lowest BCUT2D eigenvalue weighted by Gasteiger charge is -2.33. The molecule has 22 heavy (non-hydrogen) atoms. The maximum atomic E-state index is 12.4. The SMILES string of the molecule is CCN(C(=O)NCCN1CCOC[C@H]1C)c1ccccc1C. The molecule has 0 unspecified atom stereocenters. The second kappa shape index (κ2) is 8.15. The molecular weight excluding hydrogens is 278 g/mol. The van der Waals surface area contributed by atoms with Crippen LogP contribution in [0.5, 0.6) is 0 Å². The van der Waals surface area contributed by atoms with Crippen LogP contribution in [0.25, 0.3) is 0 Å². The lowest BCUT2D eigenvalue weighted by atomic mass is 10.2. The third-order valence-electron chi connectivity index (χ3n) is 4.15. The summed E-state index contributed by atoms with van der Waals surface area (Å²) in [6.07, 6.45) is 0. The van der Waals surface area contributed by atoms with Crippen molar-refractivity contribution in [2.45, 2.75) is 26.8 Å². The van der Waals surface area contributed by atoms with Crippen molar-refractivity contribution in [2.75, 3.05) is 44.3 Å². The molecule has 1 N–H and O–H groups in total. The minimum atomic E-state index is -0.0299. The van der Waals surface area contributed by atoms with Crippen molar-refractivity contribution in [3.05, 3.63) is 29.8 Å². The molecule has 1 aromatic carbocycles. The van der Waals surface area contributed by atoms with Gasteiger partial charge in [0.1, 0.15) is 0 Å². The van der Waals surface area contributed by atoms with E-state index in [9.17, 15) is 4.79 Å². The normalized spacial score (nSPS) is 19.0. The van der Waals surface area contributed by atoms with Gasteiger partial charge < -0.3 is 10.1 Å². The number of rotatable bonds is 5. The van der Waals surface area contributed by atoms with Crippen molar-refractivity contribution in [2.24, 2.45) is 0 Å². The molecule has 1 atom stereocenters. The van der Waals surface area contributed by atoms with Gasteiger partial charge in [0, 0.05) is 37.9 Å². The second-order valence-electron chi connectivity index (χ2n) is 5.72. The number of urea groups is 1. The molecule has 5 nitrogen and oxygen atoms in total. The number of nitrogens with zero attached hydrogens (tertiary/aromatic N) is 2. The highest BCUT2D eigenvalue weighted by Gasteiger charge is 2.19. The molecule has 1 aromatic rings. The molecule has 0 radical (unpaired) electrons. The van der Waals surface area contributed by atoms with E-state index in [2.05, 4.69) is 17.1 Å². The maximum Gasteiger partial charge on any atom is 0.321 e. The Balaban J connectivity index is 1.86. The number of benzene rings is 1. The number of carbonyl (C=O) groups is 1. The largest absolute Gasteiger partial charge is 0.379 e. The van der Waals surface area contributed by atoms with Gasteiger partial charge in [-0.1, -0.05) is 18.2 Å². The van der Waals surface area contributed by atoms with E-state index in [1.54, 1.807) is 4.90 Å². The van der Waals surface area contributed by atoms with E-state index in [1.165, 1.54) is 0 Å². The van der Waals surface area contributed by atoms with Gasteiger partial charge in [0.15, 0.2) is 0 Å². The van der Waals surface area contributed by atoms with E-state index in [0.717, 1.165) is 37.6 Å². The Hall–Kier alpha value is -1.59. The number of nitrogens with one attached hydrogen (secondary N) is 1. The minimum absolute atomic E-state index is 0.0299. The van der Waals surface area contributed by atoms with Crippen LogP contribution in [0.1, 0.15) is 19.4 Å². The topological polar surface area (TPSA) is 44.8 Å². The number of para-hydroxylation sites is 1. The Morgan fingerprint density at radius 3 is 2.91 bits per heavy atom. The zero-order chi connectivity index (χ0) is 15.9. The molecule has 1 saturated heterocycles. The summed E-state index contributed by atoms with van der Waals surface area (Å²) in [6.45, 7) is 10.9. The summed E-state index contributed by atoms with van der Waals surface area (Å²) in [7, 11) is 0. The van der Waals surface area contributed by atoms with Gasteiger partial charge in [0.25, 0.3) is 0 Å². The summed E-state index contributed by atoms with van der Waals surface area (Å²) in [5.41, 5.74) is 2.09. The Bertz CT molecular complexity index is 493. The van der Waals surface area contributed by atoms with Gasteiger partial charge in [-0.3, -0.25) is 9.80 Å². The van der Waals surface area contributed by atoms with E-state index in [-0.39, 0.29) is 6.03 Å². The van der Waals surface area contributed by atoms with Crippen LogP contribution in [0.15, 0.2) is 24.3 Å². The predicted octanol–water partition coefficient (Wildman–Crippen LogP) is 2.25. The molecule has 1 aliphatic rings. The average Bonchev–Trinajstić information content (AvgIpc) is 2.52. The molecule has 1 fully saturated rings. The third kappa shape index (κ3) is 4.21. The van der Waals surface area contributed by atoms with Crippen molar-refractivity contribution in [1.29, 1.82) is 0 Å². The van der Waals surface area contributed by atoms with Crippen LogP contribution >= 0.6 is 0 Å². The van der Waals surface area contributed by atoms with Crippen LogP contribution in [0.3, 0.4) is 0 Å². The Morgan fingerprint density at radius 1 is 1.45 bits per heavy atom. The van der Waals surface area contributed by atoms with E-state index in [4.69, 9.17) is 4.74 Å². The Labute approximate surface area is 133 Å². The molecule has 2 amide bonds. The van der Waals surface area contributed by atoms with E-state index in [0.29, 0.717) is 19.1 Å². The van der Waals surface area contributed by atoms with Crippen molar-refractivity contribution >= 4 is 11.7 Å². The van der Waals surface area contributed by atoms with Crippen molar-refractivity contribution in [3.63, 3.8) is 0 Å². The number of morpholine rings is 1. The number of hydrogen-bond acceptors (Lipinski definition) is 3. The van der Waals surface area contributed by atoms with Crippen LogP contribution in [0.4, 0.5) is 10.5 Å². The van der Waals surface area contributed by atoms with Crippen molar-refractivity contribution in [3.8, 4) is 0 Å². The highest BCUT2D eigenvalue weighted by molar-refractivity contribution is 5.92. The first-order valence-corrected chi connectivity index (χ1v) is 8.06. The minimum Gasteiger partial charge on any atom is -0.379 e. The smallest absolute Gasteiger partial charge is 0.321 e. The van der Waals surface area contributed by atoms with Gasteiger partial charge in [-0.25, -0.2) is 4.79 Å². The molecule has 0 aromatic heterocycles. The Kier molecular flexibility index (Phi) is 6.21. The molecule has 5 heteroatoms. The van der Waals surface area contributed by atoms with Gasteiger partial charge in [-0.15, -0.1) is 0 Å². The molecule has 1 heterocycles. The fraction of sp³-hybridized carbons (Fsp3) is 0.588. The number of carbonyl (C=O) groups excluding carboxylic acids is 1. The van der Waals surface area contributed by atoms with E-state index < -0.39 is 0 Å². The molecule has 0 bridgehead atoms. The quantitative estimate of drug-likeness (QED) is 0.907. The first kappa shape index (κ1) is 16.8. The summed E-state index contributed by atoms with van der Waals surface area (Å²) in [5.74, 6) is 0. The number of anilines is 1. The zero-order valence-corrected chi connectivity index (χ0v) is 13.8. The van der Waals surface area contributed by atoms with Crippen LogP contribution in [0, 0.1) is 6.92 Å². The lowest BCUT2D eigenvalue weighted by Crippen LogP contribution is -2.48. The summed E-state index contributed by atoms with van der Waals surface area (Å²) in [6, 6.07) is 8.36. The number of ether oxygens (including phenoxy) is 1. The monoisotopic (exact) mass is 305 g/mol. The summed E-state index contributed by atoms with van der Waals surface area (Å²) < 4.78 is 5.43. The van der Waals surface area contributed by atoms with Crippen LogP contribution < -0.4 is 10.2 Å². The first-order valence-electron chi connectivity index (χ1n) is 8.06. The molecular formula is C17H27N3O2. The summed E-state index contributed by atoms with van der Waals surface area (Å²) in [4.78, 5) is 16.6. The van der Waals surface area contributed by atoms with Crippen LogP contribution in [-0.4, -0.2) is 56.4 Å². The third-order valence-corrected chi connectivity index (χ3v) is 4.15. The molecule has 0 spiro atoms. The fourth-order valence-electron chi connectivity index (χ4n) is 2.79. The summed E-state index contributed by atoms with van der Waals surface area (Å²) >= 11 is 0. The van der Waals surface area contributed by atoms with Crippen molar-refractivity contribution in [1.82, 2.24) is 10.2 Å². The second-order valence-corrected chi connectivity index (χ2v) is 5.72. The van der Waals surface area contributed by atoms with Crippen molar-refractivity contribution < 1.29 is 9.53 Å². The van der Waals surface area contributed by atoms with Gasteiger partial charge >= 0.3 is 6.03 Å². The number of aryl methyl sites for hydroxylation is 1. The highest BCUT2D eigenvalue weighted by Crippen LogP contribution is 2.19. The maximum absolute atomic E-state index is 12.4. The fourth-order valence-corrected chi connectivity index (χ4v) is 2.79. The van der Waals surface area contributed by atoms with Gasteiger partial charge in [-0.2, -0.15) is 0 Å². The number of amides is 2. The molecule has 1 aliphatic heterocycles. The number of hydrogen-bond donors (Lipinski definition) is 1. The molecule has 0 saturated carbocycles. The Morgan fingerprint density at radius 2 is 2.23 bits per heavy atom. The average molecular weight is 305 g/mol.